The Bertz CT molecular complexity index is 1180. The van der Waals surface area contributed by atoms with Crippen LogP contribution in [0, 0.1) is 0 Å². The normalized spacial score (nSPS) is 20.9. The van der Waals surface area contributed by atoms with Gasteiger partial charge in [-0.15, -0.1) is 0 Å². The SMILES string of the molecule is COC(=O)c1ccc2nc(CN3CCN(c4cccc(OC)n4)C[C@@H]3C)n(C[C@@H]3CCO3)c2c1. The molecule has 0 amide bonds. The van der Waals surface area contributed by atoms with Crippen LogP contribution in [0.3, 0.4) is 0 Å². The molecule has 2 atom stereocenters. The van der Waals surface area contributed by atoms with Crippen LogP contribution in [-0.4, -0.2) is 78.0 Å². The highest BCUT2D eigenvalue weighted by Crippen LogP contribution is 2.25. The first-order valence-electron chi connectivity index (χ1n) is 11.7. The van der Waals surface area contributed by atoms with E-state index in [1.165, 1.54) is 7.11 Å². The summed E-state index contributed by atoms with van der Waals surface area (Å²) in [4.78, 5) is 26.4. The molecule has 9 heteroatoms. The average Bonchev–Trinajstić information content (AvgIpc) is 3.18. The molecule has 0 N–H and O–H groups in total. The van der Waals surface area contributed by atoms with Crippen molar-refractivity contribution in [2.45, 2.75) is 38.6 Å². The van der Waals surface area contributed by atoms with Gasteiger partial charge in [-0.2, -0.15) is 4.98 Å². The number of nitrogens with zero attached hydrogens (tertiary/aromatic N) is 5. The summed E-state index contributed by atoms with van der Waals surface area (Å²) in [6.07, 6.45) is 1.23. The van der Waals surface area contributed by atoms with Gasteiger partial charge in [0.15, 0.2) is 0 Å². The van der Waals surface area contributed by atoms with E-state index in [0.717, 1.165) is 68.4 Å². The standard InChI is InChI=1S/C25H31N5O4/c1-17-14-29(22-5-4-6-24(27-22)32-2)11-10-28(17)16-23-26-20-8-7-18(25(31)33-3)13-21(20)30(23)15-19-9-12-34-19/h4-8,13,17,19H,9-12,14-16H2,1-3H3/t17-,19-/m0/s1. The number of hydrogen-bond donors (Lipinski definition) is 0. The number of benzene rings is 1. The number of imidazole rings is 1. The largest absolute Gasteiger partial charge is 0.481 e. The molecule has 2 aliphatic rings. The minimum atomic E-state index is -0.341. The fourth-order valence-corrected chi connectivity index (χ4v) is 4.69. The van der Waals surface area contributed by atoms with E-state index in [1.54, 1.807) is 13.2 Å². The van der Waals surface area contributed by atoms with Crippen molar-refractivity contribution in [3.05, 3.63) is 47.8 Å². The second-order valence-corrected chi connectivity index (χ2v) is 8.92. The first kappa shape index (κ1) is 22.6. The second kappa shape index (κ2) is 9.60. The van der Waals surface area contributed by atoms with Crippen molar-refractivity contribution in [2.24, 2.45) is 0 Å². The molecule has 2 aromatic heterocycles. The quantitative estimate of drug-likeness (QED) is 0.493. The molecule has 2 aliphatic heterocycles. The molecule has 1 aromatic carbocycles. The van der Waals surface area contributed by atoms with Crippen LogP contribution in [0.15, 0.2) is 36.4 Å². The van der Waals surface area contributed by atoms with Gasteiger partial charge in [0.05, 0.1) is 50.0 Å². The van der Waals surface area contributed by atoms with E-state index in [4.69, 9.17) is 19.2 Å². The minimum Gasteiger partial charge on any atom is -0.481 e. The fraction of sp³-hybridized carbons (Fsp3) is 0.480. The Balaban J connectivity index is 1.37. The van der Waals surface area contributed by atoms with Gasteiger partial charge in [0.2, 0.25) is 5.88 Å². The molecule has 0 radical (unpaired) electrons. The van der Waals surface area contributed by atoms with Gasteiger partial charge in [-0.3, -0.25) is 4.90 Å². The number of carbonyl (C=O) groups excluding carboxylic acids is 1. The molecular weight excluding hydrogens is 434 g/mol. The van der Waals surface area contributed by atoms with Crippen molar-refractivity contribution in [2.75, 3.05) is 45.4 Å². The van der Waals surface area contributed by atoms with Crippen molar-refractivity contribution >= 4 is 22.8 Å². The van der Waals surface area contributed by atoms with Gasteiger partial charge in [0.25, 0.3) is 0 Å². The molecular formula is C25H31N5O4. The zero-order valence-electron chi connectivity index (χ0n) is 19.9. The summed E-state index contributed by atoms with van der Waals surface area (Å²) in [7, 11) is 3.04. The van der Waals surface area contributed by atoms with Crippen molar-refractivity contribution in [3.63, 3.8) is 0 Å². The Hall–Kier alpha value is -3.17. The average molecular weight is 466 g/mol. The first-order chi connectivity index (χ1) is 16.6. The van der Waals surface area contributed by atoms with Gasteiger partial charge in [-0.05, 0) is 37.6 Å². The predicted octanol–water partition coefficient (Wildman–Crippen LogP) is 2.73. The lowest BCUT2D eigenvalue weighted by molar-refractivity contribution is -0.0592. The van der Waals surface area contributed by atoms with Gasteiger partial charge in [0.1, 0.15) is 11.6 Å². The highest BCUT2D eigenvalue weighted by atomic mass is 16.5. The molecule has 0 unspecified atom stereocenters. The van der Waals surface area contributed by atoms with Crippen LogP contribution in [0.25, 0.3) is 11.0 Å². The maximum atomic E-state index is 12.1. The topological polar surface area (TPSA) is 82.0 Å². The van der Waals surface area contributed by atoms with E-state index in [-0.39, 0.29) is 12.1 Å². The molecule has 180 valence electrons. The Morgan fingerprint density at radius 2 is 2.03 bits per heavy atom. The highest BCUT2D eigenvalue weighted by molar-refractivity contribution is 5.93. The molecule has 2 fully saturated rings. The third-order valence-electron chi connectivity index (χ3n) is 6.78. The number of ether oxygens (including phenoxy) is 3. The van der Waals surface area contributed by atoms with Crippen molar-refractivity contribution < 1.29 is 19.0 Å². The van der Waals surface area contributed by atoms with Crippen molar-refractivity contribution in [3.8, 4) is 5.88 Å². The number of carbonyl (C=O) groups is 1. The van der Waals surface area contributed by atoms with Gasteiger partial charge < -0.3 is 23.7 Å². The summed E-state index contributed by atoms with van der Waals surface area (Å²) in [6, 6.07) is 11.8. The van der Waals surface area contributed by atoms with E-state index in [9.17, 15) is 4.79 Å². The molecule has 0 aliphatic carbocycles. The zero-order chi connectivity index (χ0) is 23.7. The Morgan fingerprint density at radius 1 is 1.18 bits per heavy atom. The summed E-state index contributed by atoms with van der Waals surface area (Å²) >= 11 is 0. The molecule has 9 nitrogen and oxygen atoms in total. The zero-order valence-corrected chi connectivity index (χ0v) is 19.9. The number of esters is 1. The highest BCUT2D eigenvalue weighted by Gasteiger charge is 2.28. The lowest BCUT2D eigenvalue weighted by Crippen LogP contribution is -2.52. The van der Waals surface area contributed by atoms with E-state index in [1.807, 2.05) is 30.3 Å². The predicted molar refractivity (Wildman–Crippen MR) is 128 cm³/mol. The maximum absolute atomic E-state index is 12.1. The Morgan fingerprint density at radius 3 is 2.74 bits per heavy atom. The minimum absolute atomic E-state index is 0.186. The van der Waals surface area contributed by atoms with E-state index in [2.05, 4.69) is 26.3 Å². The van der Waals surface area contributed by atoms with Crippen LogP contribution in [0.5, 0.6) is 5.88 Å². The van der Waals surface area contributed by atoms with Crippen LogP contribution in [-0.2, 0) is 22.6 Å². The van der Waals surface area contributed by atoms with Gasteiger partial charge in [-0.1, -0.05) is 6.07 Å². The first-order valence-corrected chi connectivity index (χ1v) is 11.7. The molecule has 2 saturated heterocycles. The van der Waals surface area contributed by atoms with Crippen LogP contribution in [0.2, 0.25) is 0 Å². The lowest BCUT2D eigenvalue weighted by atomic mass is 10.1. The molecule has 3 aromatic rings. The smallest absolute Gasteiger partial charge is 0.337 e. The summed E-state index contributed by atoms with van der Waals surface area (Å²) in [5, 5.41) is 0. The molecule has 0 saturated carbocycles. The second-order valence-electron chi connectivity index (χ2n) is 8.92. The maximum Gasteiger partial charge on any atom is 0.337 e. The number of anilines is 1. The van der Waals surface area contributed by atoms with Crippen LogP contribution in [0.1, 0.15) is 29.5 Å². The fourth-order valence-electron chi connectivity index (χ4n) is 4.69. The summed E-state index contributed by atoms with van der Waals surface area (Å²) in [6.45, 7) is 7.16. The number of rotatable bonds is 7. The van der Waals surface area contributed by atoms with Crippen LogP contribution in [0.4, 0.5) is 5.82 Å². The van der Waals surface area contributed by atoms with Crippen molar-refractivity contribution in [1.82, 2.24) is 19.4 Å². The summed E-state index contributed by atoms with van der Waals surface area (Å²) in [5.41, 5.74) is 2.36. The number of fused-ring (bicyclic) bond motifs is 1. The monoisotopic (exact) mass is 465 g/mol. The van der Waals surface area contributed by atoms with E-state index in [0.29, 0.717) is 17.5 Å². The number of aromatic nitrogens is 3. The van der Waals surface area contributed by atoms with Gasteiger partial charge >= 0.3 is 5.97 Å². The molecule has 0 spiro atoms. The number of methoxy groups -OCH3 is 2. The summed E-state index contributed by atoms with van der Waals surface area (Å²) in [5.74, 6) is 2.22. The van der Waals surface area contributed by atoms with Crippen LogP contribution < -0.4 is 9.64 Å². The number of hydrogen-bond acceptors (Lipinski definition) is 8. The van der Waals surface area contributed by atoms with Gasteiger partial charge in [0, 0.05) is 38.3 Å². The lowest BCUT2D eigenvalue weighted by Gasteiger charge is -2.40. The van der Waals surface area contributed by atoms with Gasteiger partial charge in [-0.25, -0.2) is 9.78 Å². The molecule has 5 rings (SSSR count). The van der Waals surface area contributed by atoms with E-state index < -0.39 is 0 Å². The molecule has 4 heterocycles. The molecule has 34 heavy (non-hydrogen) atoms. The third-order valence-corrected chi connectivity index (χ3v) is 6.78. The Labute approximate surface area is 199 Å². The third kappa shape index (κ3) is 4.45. The van der Waals surface area contributed by atoms with Crippen LogP contribution >= 0.6 is 0 Å². The summed E-state index contributed by atoms with van der Waals surface area (Å²) < 4.78 is 18.2. The number of piperazine rings is 1. The van der Waals surface area contributed by atoms with Crippen molar-refractivity contribution in [1.29, 1.82) is 0 Å². The van der Waals surface area contributed by atoms with E-state index >= 15 is 0 Å². The number of pyridine rings is 1. The molecule has 0 bridgehead atoms. The Kier molecular flexibility index (Phi) is 6.38.